The lowest BCUT2D eigenvalue weighted by Gasteiger charge is -2.25. The Hall–Kier alpha value is -1.43. The monoisotopic (exact) mass is 304 g/mol. The largest absolute Gasteiger partial charge is 0.481 e. The number of rotatable bonds is 4. The van der Waals surface area contributed by atoms with Crippen LogP contribution in [-0.4, -0.2) is 22.2 Å². The van der Waals surface area contributed by atoms with E-state index in [4.69, 9.17) is 10.2 Å². The standard InChI is InChI=1S/C11H10BrFO4/c1-11(10(16)17,5-8(14)15)9-6(12)3-2-4-7(9)13/h2-4H,5H2,1H3,(H,14,15)(H,16,17). The number of carboxylic acid groups (broad SMARTS) is 2. The number of hydrogen-bond donors (Lipinski definition) is 2. The van der Waals surface area contributed by atoms with E-state index in [1.807, 2.05) is 0 Å². The summed E-state index contributed by atoms with van der Waals surface area (Å²) in [6.45, 7) is 1.19. The Bertz CT molecular complexity index is 454. The van der Waals surface area contributed by atoms with Gasteiger partial charge in [0.15, 0.2) is 0 Å². The number of hydrogen-bond acceptors (Lipinski definition) is 2. The molecule has 0 fully saturated rings. The van der Waals surface area contributed by atoms with Crippen LogP contribution < -0.4 is 0 Å². The van der Waals surface area contributed by atoms with Gasteiger partial charge in [-0.3, -0.25) is 9.59 Å². The maximum Gasteiger partial charge on any atom is 0.314 e. The summed E-state index contributed by atoms with van der Waals surface area (Å²) in [6.07, 6.45) is -0.693. The van der Waals surface area contributed by atoms with E-state index in [-0.39, 0.29) is 10.0 Å². The summed E-state index contributed by atoms with van der Waals surface area (Å²) >= 11 is 3.04. The molecule has 0 saturated heterocycles. The molecule has 0 aromatic heterocycles. The Balaban J connectivity index is 3.42. The minimum atomic E-state index is -1.81. The minimum absolute atomic E-state index is 0.157. The molecule has 0 spiro atoms. The Labute approximate surface area is 105 Å². The smallest absolute Gasteiger partial charge is 0.314 e. The third-order valence-electron chi connectivity index (χ3n) is 2.49. The van der Waals surface area contributed by atoms with Crippen LogP contribution in [0, 0.1) is 5.82 Å². The second-order valence-electron chi connectivity index (χ2n) is 3.80. The molecule has 1 aromatic rings. The number of carbonyl (C=O) groups is 2. The third kappa shape index (κ3) is 2.63. The molecule has 92 valence electrons. The van der Waals surface area contributed by atoms with Gasteiger partial charge in [0.2, 0.25) is 0 Å². The molecule has 0 radical (unpaired) electrons. The highest BCUT2D eigenvalue weighted by atomic mass is 79.9. The van der Waals surface area contributed by atoms with Crippen molar-refractivity contribution in [2.24, 2.45) is 0 Å². The Morgan fingerprint density at radius 3 is 2.41 bits per heavy atom. The lowest BCUT2D eigenvalue weighted by atomic mass is 9.79. The van der Waals surface area contributed by atoms with Crippen LogP contribution >= 0.6 is 15.9 Å². The van der Waals surface area contributed by atoms with Crippen molar-refractivity contribution in [2.45, 2.75) is 18.8 Å². The zero-order valence-corrected chi connectivity index (χ0v) is 10.5. The highest BCUT2D eigenvalue weighted by Gasteiger charge is 2.41. The predicted octanol–water partition coefficient (Wildman–Crippen LogP) is 2.41. The number of halogens is 2. The van der Waals surface area contributed by atoms with Crippen molar-refractivity contribution < 1.29 is 24.2 Å². The highest BCUT2D eigenvalue weighted by molar-refractivity contribution is 9.10. The molecular formula is C11H10BrFO4. The van der Waals surface area contributed by atoms with Gasteiger partial charge in [0, 0.05) is 10.0 Å². The fraction of sp³-hybridized carbons (Fsp3) is 0.273. The van der Waals surface area contributed by atoms with Gasteiger partial charge in [-0.05, 0) is 19.1 Å². The van der Waals surface area contributed by atoms with Crippen LogP contribution in [0.25, 0.3) is 0 Å². The fourth-order valence-corrected chi connectivity index (χ4v) is 2.38. The number of carboxylic acids is 2. The van der Waals surface area contributed by atoms with Crippen LogP contribution in [-0.2, 0) is 15.0 Å². The molecule has 0 bridgehead atoms. The zero-order valence-electron chi connectivity index (χ0n) is 8.91. The Morgan fingerprint density at radius 1 is 1.41 bits per heavy atom. The van der Waals surface area contributed by atoms with E-state index in [2.05, 4.69) is 15.9 Å². The molecule has 0 amide bonds. The van der Waals surface area contributed by atoms with Crippen molar-refractivity contribution >= 4 is 27.9 Å². The molecule has 1 aromatic carbocycles. The maximum absolute atomic E-state index is 13.7. The van der Waals surface area contributed by atoms with Crippen LogP contribution in [0.15, 0.2) is 22.7 Å². The molecule has 2 N–H and O–H groups in total. The van der Waals surface area contributed by atoms with Crippen molar-refractivity contribution in [2.75, 3.05) is 0 Å². The van der Waals surface area contributed by atoms with Gasteiger partial charge in [0.05, 0.1) is 6.42 Å². The molecule has 0 aliphatic heterocycles. The van der Waals surface area contributed by atoms with Gasteiger partial charge in [0.25, 0.3) is 0 Å². The molecular weight excluding hydrogens is 295 g/mol. The quantitative estimate of drug-likeness (QED) is 0.896. The summed E-state index contributed by atoms with van der Waals surface area (Å²) < 4.78 is 13.9. The van der Waals surface area contributed by atoms with E-state index in [0.29, 0.717) is 0 Å². The molecule has 4 nitrogen and oxygen atoms in total. The van der Waals surface area contributed by atoms with E-state index in [1.165, 1.54) is 19.1 Å². The van der Waals surface area contributed by atoms with E-state index < -0.39 is 29.6 Å². The summed E-state index contributed by atoms with van der Waals surface area (Å²) in [5.74, 6) is -3.43. The van der Waals surface area contributed by atoms with Crippen LogP contribution in [0.3, 0.4) is 0 Å². The van der Waals surface area contributed by atoms with Gasteiger partial charge < -0.3 is 10.2 Å². The highest BCUT2D eigenvalue weighted by Crippen LogP contribution is 2.35. The normalized spacial score (nSPS) is 14.1. The number of benzene rings is 1. The van der Waals surface area contributed by atoms with Crippen LogP contribution in [0.2, 0.25) is 0 Å². The predicted molar refractivity (Wildman–Crippen MR) is 61.3 cm³/mol. The van der Waals surface area contributed by atoms with Crippen molar-refractivity contribution in [1.82, 2.24) is 0 Å². The van der Waals surface area contributed by atoms with Crippen LogP contribution in [0.5, 0.6) is 0 Å². The fourth-order valence-electron chi connectivity index (χ4n) is 1.60. The van der Waals surface area contributed by atoms with Crippen LogP contribution in [0.1, 0.15) is 18.9 Å². The molecule has 1 atom stereocenters. The van der Waals surface area contributed by atoms with Gasteiger partial charge >= 0.3 is 11.9 Å². The number of aliphatic carboxylic acids is 2. The topological polar surface area (TPSA) is 74.6 Å². The zero-order chi connectivity index (χ0) is 13.2. The van der Waals surface area contributed by atoms with Crippen molar-refractivity contribution in [3.8, 4) is 0 Å². The first-order valence-corrected chi connectivity index (χ1v) is 5.48. The summed E-state index contributed by atoms with van der Waals surface area (Å²) in [4.78, 5) is 21.9. The van der Waals surface area contributed by atoms with Gasteiger partial charge in [-0.1, -0.05) is 22.0 Å². The second kappa shape index (κ2) is 4.83. The minimum Gasteiger partial charge on any atom is -0.481 e. The molecule has 1 unspecified atom stereocenters. The average Bonchev–Trinajstić information content (AvgIpc) is 2.15. The second-order valence-corrected chi connectivity index (χ2v) is 4.66. The van der Waals surface area contributed by atoms with E-state index >= 15 is 0 Å². The molecule has 0 aliphatic rings. The van der Waals surface area contributed by atoms with Crippen molar-refractivity contribution in [1.29, 1.82) is 0 Å². The molecule has 0 aliphatic carbocycles. The Kier molecular flexibility index (Phi) is 3.87. The Morgan fingerprint density at radius 2 is 2.00 bits per heavy atom. The van der Waals surface area contributed by atoms with E-state index in [1.54, 1.807) is 0 Å². The van der Waals surface area contributed by atoms with Crippen LogP contribution in [0.4, 0.5) is 4.39 Å². The lowest BCUT2D eigenvalue weighted by molar-refractivity contribution is -0.149. The van der Waals surface area contributed by atoms with Gasteiger partial charge in [-0.2, -0.15) is 0 Å². The molecule has 17 heavy (non-hydrogen) atoms. The summed E-state index contributed by atoms with van der Waals surface area (Å²) in [5, 5.41) is 17.9. The van der Waals surface area contributed by atoms with Gasteiger partial charge in [0.1, 0.15) is 11.2 Å². The molecule has 1 rings (SSSR count). The summed E-state index contributed by atoms with van der Waals surface area (Å²) in [5.41, 5.74) is -1.97. The first-order chi connectivity index (χ1) is 7.79. The average molecular weight is 305 g/mol. The summed E-state index contributed by atoms with van der Waals surface area (Å²) in [7, 11) is 0. The van der Waals surface area contributed by atoms with Crippen molar-refractivity contribution in [3.05, 3.63) is 34.1 Å². The van der Waals surface area contributed by atoms with Gasteiger partial charge in [-0.15, -0.1) is 0 Å². The maximum atomic E-state index is 13.7. The molecule has 0 heterocycles. The molecule has 0 saturated carbocycles. The van der Waals surface area contributed by atoms with Crippen molar-refractivity contribution in [3.63, 3.8) is 0 Å². The van der Waals surface area contributed by atoms with E-state index in [9.17, 15) is 14.0 Å². The van der Waals surface area contributed by atoms with Gasteiger partial charge in [-0.25, -0.2) is 4.39 Å². The SMILES string of the molecule is CC(CC(=O)O)(C(=O)O)c1c(F)cccc1Br. The first kappa shape index (κ1) is 13.6. The summed E-state index contributed by atoms with van der Waals surface area (Å²) in [6, 6.07) is 3.98. The van der Waals surface area contributed by atoms with E-state index in [0.717, 1.165) is 6.07 Å². The first-order valence-electron chi connectivity index (χ1n) is 4.68. The molecule has 6 heteroatoms. The lowest BCUT2D eigenvalue weighted by Crippen LogP contribution is -2.36. The third-order valence-corrected chi connectivity index (χ3v) is 3.15.